The van der Waals surface area contributed by atoms with Crippen LogP contribution < -0.4 is 9.86 Å². The van der Waals surface area contributed by atoms with Gasteiger partial charge in [0.15, 0.2) is 0 Å². The summed E-state index contributed by atoms with van der Waals surface area (Å²) in [6.07, 6.45) is 5.59. The number of aromatic amines is 1. The van der Waals surface area contributed by atoms with E-state index in [4.69, 9.17) is 5.14 Å². The van der Waals surface area contributed by atoms with Gasteiger partial charge in [0, 0.05) is 24.8 Å². The zero-order valence-electron chi connectivity index (χ0n) is 12.5. The molecule has 0 unspecified atom stereocenters. The van der Waals surface area contributed by atoms with E-state index in [0.717, 1.165) is 12.8 Å². The molecule has 1 aromatic rings. The van der Waals surface area contributed by atoms with Gasteiger partial charge in [-0.3, -0.25) is 4.79 Å². The van der Waals surface area contributed by atoms with Crippen molar-refractivity contribution in [1.82, 2.24) is 14.6 Å². The number of aryl methyl sites for hydroxylation is 2. The highest BCUT2D eigenvalue weighted by atomic mass is 32.2. The fraction of sp³-hybridized carbons (Fsp3) is 0.643. The molecule has 7 nitrogen and oxygen atoms in total. The lowest BCUT2D eigenvalue weighted by Gasteiger charge is -2.31. The van der Waals surface area contributed by atoms with Crippen LogP contribution >= 0.6 is 0 Å². The van der Waals surface area contributed by atoms with Crippen molar-refractivity contribution < 1.29 is 13.2 Å². The second-order valence-electron chi connectivity index (χ2n) is 6.12. The average molecular weight is 326 g/mol. The van der Waals surface area contributed by atoms with Gasteiger partial charge in [-0.25, -0.2) is 5.14 Å². The van der Waals surface area contributed by atoms with Crippen LogP contribution in [0, 0.1) is 0 Å². The topological polar surface area (TPSA) is 108 Å². The molecule has 0 radical (unpaired) electrons. The Morgan fingerprint density at radius 2 is 1.95 bits per heavy atom. The first kappa shape index (κ1) is 15.5. The van der Waals surface area contributed by atoms with Crippen molar-refractivity contribution in [3.63, 3.8) is 0 Å². The third-order valence-corrected chi connectivity index (χ3v) is 5.12. The Hall–Kier alpha value is -1.38. The molecular weight excluding hydrogens is 304 g/mol. The number of likely N-dealkylation sites (tertiary alicyclic amines) is 1. The van der Waals surface area contributed by atoms with Crippen molar-refractivity contribution in [3.8, 4) is 0 Å². The lowest BCUT2D eigenvalue weighted by molar-refractivity contribution is 0.0706. The van der Waals surface area contributed by atoms with Crippen molar-refractivity contribution in [2.45, 2.75) is 44.6 Å². The molecule has 0 aromatic carbocycles. The Kier molecular flexibility index (Phi) is 4.24. The summed E-state index contributed by atoms with van der Waals surface area (Å²) in [5.74, 6) is 0.00320. The molecule has 1 aromatic heterocycles. The molecule has 2 aliphatic rings. The molecule has 1 aliphatic carbocycles. The van der Waals surface area contributed by atoms with Gasteiger partial charge in [0.2, 0.25) is 0 Å². The second-order valence-corrected chi connectivity index (χ2v) is 7.45. The fourth-order valence-corrected chi connectivity index (χ4v) is 4.02. The zero-order chi connectivity index (χ0) is 15.7. The molecule has 1 amide bonds. The van der Waals surface area contributed by atoms with Crippen molar-refractivity contribution >= 4 is 16.1 Å². The second kappa shape index (κ2) is 6.02. The number of nitrogens with zero attached hydrogens (tertiary/aromatic N) is 1. The number of carbonyl (C=O) groups is 1. The highest BCUT2D eigenvalue weighted by molar-refractivity contribution is 7.87. The van der Waals surface area contributed by atoms with Gasteiger partial charge in [0.1, 0.15) is 5.69 Å². The van der Waals surface area contributed by atoms with Crippen molar-refractivity contribution in [1.29, 1.82) is 0 Å². The standard InChI is InChI=1S/C14H22N4O3S/c15-22(20,21)17-11-5-7-18(8-6-11)14(19)13-9-10-3-1-2-4-12(10)16-13/h9,11,16-17H,1-8H2,(H2,15,20,21). The van der Waals surface area contributed by atoms with E-state index in [1.54, 1.807) is 4.90 Å². The summed E-state index contributed by atoms with van der Waals surface area (Å²) in [6.45, 7) is 1.07. The lowest BCUT2D eigenvalue weighted by Crippen LogP contribution is -2.48. The molecule has 122 valence electrons. The molecule has 8 heteroatoms. The number of nitrogens with two attached hydrogens (primary N) is 1. The molecule has 0 bridgehead atoms. The van der Waals surface area contributed by atoms with E-state index < -0.39 is 10.2 Å². The normalized spacial score (nSPS) is 20.0. The average Bonchev–Trinajstić information content (AvgIpc) is 2.89. The van der Waals surface area contributed by atoms with E-state index in [0.29, 0.717) is 31.6 Å². The third-order valence-electron chi connectivity index (χ3n) is 4.46. The van der Waals surface area contributed by atoms with E-state index in [1.165, 1.54) is 24.1 Å². The van der Waals surface area contributed by atoms with Crippen LogP contribution in [0.2, 0.25) is 0 Å². The first-order valence-electron chi connectivity index (χ1n) is 7.72. The molecule has 22 heavy (non-hydrogen) atoms. The highest BCUT2D eigenvalue weighted by Gasteiger charge is 2.27. The number of amides is 1. The van der Waals surface area contributed by atoms with Gasteiger partial charge in [-0.2, -0.15) is 13.1 Å². The van der Waals surface area contributed by atoms with E-state index in [9.17, 15) is 13.2 Å². The summed E-state index contributed by atoms with van der Waals surface area (Å²) in [4.78, 5) is 17.6. The predicted octanol–water partition coefficient (Wildman–Crippen LogP) is 0.291. The third kappa shape index (κ3) is 3.50. The van der Waals surface area contributed by atoms with Crippen LogP contribution in [0.5, 0.6) is 0 Å². The smallest absolute Gasteiger partial charge is 0.274 e. The summed E-state index contributed by atoms with van der Waals surface area (Å²) < 4.78 is 24.5. The molecule has 1 fully saturated rings. The van der Waals surface area contributed by atoms with Gasteiger partial charge in [-0.1, -0.05) is 0 Å². The summed E-state index contributed by atoms with van der Waals surface area (Å²) in [5, 5.41) is 4.98. The number of carbonyl (C=O) groups excluding carboxylic acids is 1. The number of H-pyrrole nitrogens is 1. The van der Waals surface area contributed by atoms with Crippen LogP contribution in [0.15, 0.2) is 6.07 Å². The quantitative estimate of drug-likeness (QED) is 0.743. The fourth-order valence-electron chi connectivity index (χ4n) is 3.32. The number of fused-ring (bicyclic) bond motifs is 1. The van der Waals surface area contributed by atoms with Crippen LogP contribution in [0.3, 0.4) is 0 Å². The number of nitrogens with one attached hydrogen (secondary N) is 2. The Labute approximate surface area is 130 Å². The highest BCUT2D eigenvalue weighted by Crippen LogP contribution is 2.23. The van der Waals surface area contributed by atoms with Crippen LogP contribution in [-0.2, 0) is 23.1 Å². The number of piperidine rings is 1. The minimum atomic E-state index is -3.68. The van der Waals surface area contributed by atoms with E-state index >= 15 is 0 Å². The van der Waals surface area contributed by atoms with Gasteiger partial charge in [0.05, 0.1) is 0 Å². The van der Waals surface area contributed by atoms with E-state index in [2.05, 4.69) is 9.71 Å². The summed E-state index contributed by atoms with van der Waals surface area (Å²) in [5.41, 5.74) is 3.12. The Morgan fingerprint density at radius 3 is 2.59 bits per heavy atom. The first-order chi connectivity index (χ1) is 10.4. The van der Waals surface area contributed by atoms with Crippen LogP contribution in [0.4, 0.5) is 0 Å². The van der Waals surface area contributed by atoms with Crippen molar-refractivity contribution in [2.75, 3.05) is 13.1 Å². The molecule has 0 saturated carbocycles. The number of rotatable bonds is 3. The van der Waals surface area contributed by atoms with Gasteiger partial charge in [0.25, 0.3) is 16.1 Å². The summed E-state index contributed by atoms with van der Waals surface area (Å²) in [6, 6.07) is 1.79. The largest absolute Gasteiger partial charge is 0.354 e. The predicted molar refractivity (Wildman–Crippen MR) is 82.6 cm³/mol. The summed E-state index contributed by atoms with van der Waals surface area (Å²) >= 11 is 0. The Morgan fingerprint density at radius 1 is 1.27 bits per heavy atom. The van der Waals surface area contributed by atoms with Crippen molar-refractivity contribution in [2.24, 2.45) is 5.14 Å². The monoisotopic (exact) mass is 326 g/mol. The molecular formula is C14H22N4O3S. The van der Waals surface area contributed by atoms with E-state index in [-0.39, 0.29) is 11.9 Å². The van der Waals surface area contributed by atoms with Crippen molar-refractivity contribution in [3.05, 3.63) is 23.0 Å². The minimum Gasteiger partial charge on any atom is -0.354 e. The SMILES string of the molecule is NS(=O)(=O)NC1CCN(C(=O)c2cc3c([nH]2)CCCC3)CC1. The maximum absolute atomic E-state index is 12.5. The molecule has 0 spiro atoms. The Bertz CT molecular complexity index is 636. The molecule has 2 heterocycles. The van der Waals surface area contributed by atoms with Gasteiger partial charge < -0.3 is 9.88 Å². The minimum absolute atomic E-state index is 0.00320. The number of hydrogen-bond acceptors (Lipinski definition) is 3. The van der Waals surface area contributed by atoms with Crippen LogP contribution in [0.1, 0.15) is 47.4 Å². The van der Waals surface area contributed by atoms with Crippen LogP contribution in [0.25, 0.3) is 0 Å². The van der Waals surface area contributed by atoms with Gasteiger partial charge in [-0.05, 0) is 50.2 Å². The Balaban J connectivity index is 1.61. The van der Waals surface area contributed by atoms with Gasteiger partial charge >= 0.3 is 0 Å². The summed E-state index contributed by atoms with van der Waals surface area (Å²) in [7, 11) is -3.68. The van der Waals surface area contributed by atoms with E-state index in [1.807, 2.05) is 6.07 Å². The van der Waals surface area contributed by atoms with Crippen LogP contribution in [-0.4, -0.2) is 43.3 Å². The molecule has 3 rings (SSSR count). The molecule has 1 saturated heterocycles. The number of aromatic nitrogens is 1. The maximum Gasteiger partial charge on any atom is 0.274 e. The molecule has 4 N–H and O–H groups in total. The first-order valence-corrected chi connectivity index (χ1v) is 9.27. The zero-order valence-corrected chi connectivity index (χ0v) is 13.3. The molecule has 0 atom stereocenters. The van der Waals surface area contributed by atoms with Gasteiger partial charge in [-0.15, -0.1) is 0 Å². The molecule has 1 aliphatic heterocycles. The lowest BCUT2D eigenvalue weighted by atomic mass is 9.98. The maximum atomic E-state index is 12.5. The number of hydrogen-bond donors (Lipinski definition) is 3.